The zero-order chi connectivity index (χ0) is 15.3. The molecule has 4 rings (SSSR count). The summed E-state index contributed by atoms with van der Waals surface area (Å²) in [6.07, 6.45) is 0. The number of carbonyl (C=O) groups is 1. The first-order valence-electron chi connectivity index (χ1n) is 7.13. The van der Waals surface area contributed by atoms with Crippen molar-refractivity contribution in [2.24, 2.45) is 7.05 Å². The van der Waals surface area contributed by atoms with Crippen LogP contribution >= 0.6 is 0 Å². The van der Waals surface area contributed by atoms with Crippen LogP contribution < -0.4 is 4.57 Å². The minimum atomic E-state index is -0.892. The average Bonchev–Trinajstić information content (AvgIpc) is 2.53. The highest BCUT2D eigenvalue weighted by atomic mass is 16.4. The molecular formula is C19H14NO2+. The molecule has 3 heteroatoms. The van der Waals surface area contributed by atoms with E-state index in [-0.39, 0.29) is 0 Å². The molecule has 0 fully saturated rings. The number of fused-ring (bicyclic) bond motifs is 3. The lowest BCUT2D eigenvalue weighted by Crippen LogP contribution is -2.31. The van der Waals surface area contributed by atoms with Crippen LogP contribution in [0.5, 0.6) is 0 Å². The first-order valence-corrected chi connectivity index (χ1v) is 7.13. The molecule has 3 aromatic carbocycles. The van der Waals surface area contributed by atoms with E-state index in [4.69, 9.17) is 0 Å². The van der Waals surface area contributed by atoms with E-state index in [1.807, 2.05) is 61.6 Å². The summed E-state index contributed by atoms with van der Waals surface area (Å²) in [6.45, 7) is 0. The largest absolute Gasteiger partial charge is 0.478 e. The number of hydrogen-bond acceptors (Lipinski definition) is 1. The highest BCUT2D eigenvalue weighted by molar-refractivity contribution is 6.14. The van der Waals surface area contributed by atoms with Crippen molar-refractivity contribution in [3.8, 4) is 0 Å². The fraction of sp³-hybridized carbons (Fsp3) is 0.0526. The van der Waals surface area contributed by atoms with Crippen molar-refractivity contribution >= 4 is 38.5 Å². The van der Waals surface area contributed by atoms with Gasteiger partial charge in [0.2, 0.25) is 11.0 Å². The maximum atomic E-state index is 11.9. The number of carboxylic acids is 1. The molecule has 22 heavy (non-hydrogen) atoms. The van der Waals surface area contributed by atoms with Crippen LogP contribution in [0.25, 0.3) is 32.6 Å². The van der Waals surface area contributed by atoms with Gasteiger partial charge in [0.25, 0.3) is 0 Å². The Balaban J connectivity index is 2.34. The number of carboxylic acid groups (broad SMARTS) is 1. The molecule has 0 aliphatic heterocycles. The van der Waals surface area contributed by atoms with Gasteiger partial charge in [-0.3, -0.25) is 0 Å². The number of pyridine rings is 1. The normalized spacial score (nSPS) is 11.3. The molecule has 0 radical (unpaired) electrons. The second-order valence-corrected chi connectivity index (χ2v) is 5.47. The number of aromatic carboxylic acids is 1. The fourth-order valence-corrected chi connectivity index (χ4v) is 3.19. The minimum absolute atomic E-state index is 0.370. The van der Waals surface area contributed by atoms with E-state index < -0.39 is 5.97 Å². The van der Waals surface area contributed by atoms with Crippen molar-refractivity contribution in [1.29, 1.82) is 0 Å². The molecule has 0 amide bonds. The Kier molecular flexibility index (Phi) is 2.63. The maximum Gasteiger partial charge on any atom is 0.337 e. The van der Waals surface area contributed by atoms with Crippen LogP contribution in [0, 0.1) is 0 Å². The lowest BCUT2D eigenvalue weighted by molar-refractivity contribution is -0.617. The predicted molar refractivity (Wildman–Crippen MR) is 87.1 cm³/mol. The van der Waals surface area contributed by atoms with E-state index in [0.717, 1.165) is 32.6 Å². The monoisotopic (exact) mass is 288 g/mol. The summed E-state index contributed by atoms with van der Waals surface area (Å²) < 4.78 is 2.06. The standard InChI is InChI=1S/C19H13NO2/c1-20-16-9-5-4-8-14(16)18(19(21)22)15-10-12-6-2-3-7-13(12)11-17(15)20/h2-11H,1H3/p+1. The Morgan fingerprint density at radius 1 is 0.864 bits per heavy atom. The number of para-hydroxylation sites is 1. The first kappa shape index (κ1) is 12.8. The number of aryl methyl sites for hydroxylation is 1. The van der Waals surface area contributed by atoms with Crippen LogP contribution in [-0.2, 0) is 7.05 Å². The maximum absolute atomic E-state index is 11.9. The summed E-state index contributed by atoms with van der Waals surface area (Å²) in [6, 6.07) is 19.7. The topological polar surface area (TPSA) is 41.2 Å². The van der Waals surface area contributed by atoms with Gasteiger partial charge in [-0.05, 0) is 22.9 Å². The number of aromatic nitrogens is 1. The molecule has 0 aliphatic carbocycles. The molecular weight excluding hydrogens is 274 g/mol. The quantitative estimate of drug-likeness (QED) is 0.429. The van der Waals surface area contributed by atoms with Gasteiger partial charge in [0.15, 0.2) is 0 Å². The van der Waals surface area contributed by atoms with Gasteiger partial charge < -0.3 is 5.11 Å². The lowest BCUT2D eigenvalue weighted by atomic mass is 9.99. The zero-order valence-electron chi connectivity index (χ0n) is 12.1. The van der Waals surface area contributed by atoms with Crippen molar-refractivity contribution in [1.82, 2.24) is 0 Å². The Morgan fingerprint density at radius 2 is 1.50 bits per heavy atom. The van der Waals surface area contributed by atoms with Gasteiger partial charge in [-0.1, -0.05) is 36.4 Å². The third-order valence-electron chi connectivity index (χ3n) is 4.24. The number of benzene rings is 3. The van der Waals surface area contributed by atoms with Crippen LogP contribution in [0.4, 0.5) is 0 Å². The Bertz CT molecular complexity index is 1070. The molecule has 1 aromatic heterocycles. The van der Waals surface area contributed by atoms with E-state index in [9.17, 15) is 9.90 Å². The second kappa shape index (κ2) is 4.53. The molecule has 106 valence electrons. The molecule has 0 aliphatic rings. The number of nitrogens with zero attached hydrogens (tertiary/aromatic N) is 1. The number of hydrogen-bond donors (Lipinski definition) is 1. The summed E-state index contributed by atoms with van der Waals surface area (Å²) in [5.74, 6) is -0.892. The SMILES string of the molecule is C[n+]1c2ccccc2c(C(=O)O)c2cc3ccccc3cc21. The minimum Gasteiger partial charge on any atom is -0.478 e. The van der Waals surface area contributed by atoms with Crippen molar-refractivity contribution in [3.63, 3.8) is 0 Å². The van der Waals surface area contributed by atoms with E-state index in [1.54, 1.807) is 0 Å². The Morgan fingerprint density at radius 3 is 2.23 bits per heavy atom. The van der Waals surface area contributed by atoms with Gasteiger partial charge in [0.05, 0.1) is 16.3 Å². The summed E-state index contributed by atoms with van der Waals surface area (Å²) in [5, 5.41) is 13.4. The molecule has 1 heterocycles. The molecule has 0 unspecified atom stereocenters. The number of rotatable bonds is 1. The second-order valence-electron chi connectivity index (χ2n) is 5.47. The van der Waals surface area contributed by atoms with Gasteiger partial charge in [-0.2, -0.15) is 4.57 Å². The Labute approximate surface area is 127 Å². The summed E-state index contributed by atoms with van der Waals surface area (Å²) in [7, 11) is 1.98. The van der Waals surface area contributed by atoms with Crippen molar-refractivity contribution < 1.29 is 14.5 Å². The summed E-state index contributed by atoms with van der Waals surface area (Å²) in [4.78, 5) is 11.9. The van der Waals surface area contributed by atoms with E-state index in [2.05, 4.69) is 10.6 Å². The lowest BCUT2D eigenvalue weighted by Gasteiger charge is -2.08. The molecule has 3 nitrogen and oxygen atoms in total. The van der Waals surface area contributed by atoms with Crippen LogP contribution in [0.15, 0.2) is 60.7 Å². The van der Waals surface area contributed by atoms with E-state index in [0.29, 0.717) is 5.56 Å². The zero-order valence-corrected chi connectivity index (χ0v) is 12.1. The van der Waals surface area contributed by atoms with Gasteiger partial charge in [-0.25, -0.2) is 4.79 Å². The van der Waals surface area contributed by atoms with E-state index >= 15 is 0 Å². The summed E-state index contributed by atoms with van der Waals surface area (Å²) >= 11 is 0. The molecule has 1 N–H and O–H groups in total. The van der Waals surface area contributed by atoms with Crippen molar-refractivity contribution in [2.75, 3.05) is 0 Å². The predicted octanol–water partition coefficient (Wildman–Crippen LogP) is 3.67. The highest BCUT2D eigenvalue weighted by Crippen LogP contribution is 2.28. The van der Waals surface area contributed by atoms with E-state index in [1.165, 1.54) is 0 Å². The van der Waals surface area contributed by atoms with Crippen molar-refractivity contribution in [3.05, 3.63) is 66.2 Å². The van der Waals surface area contributed by atoms with Crippen LogP contribution in [0.1, 0.15) is 10.4 Å². The van der Waals surface area contributed by atoms with Gasteiger partial charge in [-0.15, -0.1) is 0 Å². The molecule has 4 aromatic rings. The highest BCUT2D eigenvalue weighted by Gasteiger charge is 2.22. The molecule has 0 bridgehead atoms. The van der Waals surface area contributed by atoms with Crippen molar-refractivity contribution in [2.45, 2.75) is 0 Å². The summed E-state index contributed by atoms with van der Waals surface area (Å²) in [5.41, 5.74) is 2.21. The van der Waals surface area contributed by atoms with Gasteiger partial charge in [0, 0.05) is 12.1 Å². The van der Waals surface area contributed by atoms with Gasteiger partial charge >= 0.3 is 5.97 Å². The van der Waals surface area contributed by atoms with Crippen LogP contribution in [-0.4, -0.2) is 11.1 Å². The molecule has 0 atom stereocenters. The third-order valence-corrected chi connectivity index (χ3v) is 4.24. The van der Waals surface area contributed by atoms with Crippen LogP contribution in [0.2, 0.25) is 0 Å². The third kappa shape index (κ3) is 1.69. The first-order chi connectivity index (χ1) is 10.7. The molecule has 0 saturated carbocycles. The smallest absolute Gasteiger partial charge is 0.337 e. The average molecular weight is 288 g/mol. The molecule has 0 saturated heterocycles. The fourth-order valence-electron chi connectivity index (χ4n) is 3.19. The van der Waals surface area contributed by atoms with Gasteiger partial charge in [0.1, 0.15) is 7.05 Å². The Hall–Kier alpha value is -2.94. The molecule has 0 spiro atoms. The van der Waals surface area contributed by atoms with Crippen LogP contribution in [0.3, 0.4) is 0 Å².